The van der Waals surface area contributed by atoms with Gasteiger partial charge in [0.2, 0.25) is 0 Å². The minimum absolute atomic E-state index is 0.0246. The Morgan fingerprint density at radius 3 is 2.29 bits per heavy atom. The third-order valence-corrected chi connectivity index (χ3v) is 10.3. The van der Waals surface area contributed by atoms with E-state index in [2.05, 4.69) is 59.0 Å². The first-order valence-corrected chi connectivity index (χ1v) is 18.2. The predicted octanol–water partition coefficient (Wildman–Crippen LogP) is 4.13. The van der Waals surface area contributed by atoms with Crippen molar-refractivity contribution >= 4 is 46.4 Å². The Bertz CT molecular complexity index is 2320. The van der Waals surface area contributed by atoms with Gasteiger partial charge >= 0.3 is 6.01 Å². The van der Waals surface area contributed by atoms with Crippen LogP contribution in [0.4, 0.5) is 28.7 Å². The summed E-state index contributed by atoms with van der Waals surface area (Å²) in [5.41, 5.74) is 6.49. The molecule has 0 saturated carbocycles. The molecule has 17 nitrogen and oxygen atoms in total. The topological polar surface area (TPSA) is 189 Å². The van der Waals surface area contributed by atoms with Gasteiger partial charge in [-0.1, -0.05) is 18.2 Å². The zero-order chi connectivity index (χ0) is 38.4. The summed E-state index contributed by atoms with van der Waals surface area (Å²) in [5.74, 6) is 0.0867. The van der Waals surface area contributed by atoms with Gasteiger partial charge in [-0.3, -0.25) is 19.1 Å². The number of carbonyl (C=O) groups is 3. The van der Waals surface area contributed by atoms with E-state index in [1.54, 1.807) is 47.2 Å². The SMILES string of the molecule is CNC(=O)c1nnc(Nc2cc(C)nc(OC)n2)cc1Nc1cccc2c1N(C)C(C)c1c-2cnn1C1CN(C(=O)c2cccc(C(=O)N3CCCC3)n2)C1. The number of amides is 3. The van der Waals surface area contributed by atoms with Gasteiger partial charge in [-0.05, 0) is 44.9 Å². The molecule has 3 aliphatic rings. The van der Waals surface area contributed by atoms with E-state index in [0.29, 0.717) is 41.8 Å². The molecule has 8 rings (SSSR count). The maximum atomic E-state index is 13.5. The minimum atomic E-state index is -0.400. The molecule has 3 aliphatic heterocycles. The number of aromatic nitrogens is 7. The van der Waals surface area contributed by atoms with E-state index in [-0.39, 0.29) is 41.3 Å². The molecule has 5 aromatic rings. The number of nitrogens with one attached hydrogen (secondary N) is 3. The van der Waals surface area contributed by atoms with Gasteiger partial charge in [0.15, 0.2) is 11.5 Å². The molecule has 55 heavy (non-hydrogen) atoms. The Morgan fingerprint density at radius 2 is 1.56 bits per heavy atom. The summed E-state index contributed by atoms with van der Waals surface area (Å²) in [5, 5.41) is 22.6. The lowest BCUT2D eigenvalue weighted by atomic mass is 9.93. The average molecular weight is 744 g/mol. The molecule has 282 valence electrons. The lowest BCUT2D eigenvalue weighted by Crippen LogP contribution is -2.52. The van der Waals surface area contributed by atoms with Crippen LogP contribution in [-0.4, -0.2) is 110 Å². The highest BCUT2D eigenvalue weighted by molar-refractivity contribution is 6.00. The number of carbonyl (C=O) groups excluding carboxylic acids is 3. The first kappa shape index (κ1) is 35.4. The molecular formula is C38H41N13O4. The van der Waals surface area contributed by atoms with Crippen LogP contribution < -0.4 is 25.6 Å². The van der Waals surface area contributed by atoms with Crippen molar-refractivity contribution in [2.75, 3.05) is 62.9 Å². The van der Waals surface area contributed by atoms with Crippen molar-refractivity contribution in [3.63, 3.8) is 0 Å². The second kappa shape index (κ2) is 14.3. The smallest absolute Gasteiger partial charge is 0.318 e. The van der Waals surface area contributed by atoms with E-state index in [9.17, 15) is 14.4 Å². The van der Waals surface area contributed by atoms with Gasteiger partial charge in [0, 0.05) is 69.2 Å². The second-order valence-electron chi connectivity index (χ2n) is 13.9. The van der Waals surface area contributed by atoms with Crippen LogP contribution in [0.2, 0.25) is 0 Å². The summed E-state index contributed by atoms with van der Waals surface area (Å²) in [4.78, 5) is 58.1. The fraction of sp³-hybridized carbons (Fsp3) is 0.342. The molecule has 3 amide bonds. The monoisotopic (exact) mass is 743 g/mol. The molecule has 4 aromatic heterocycles. The van der Waals surface area contributed by atoms with E-state index in [1.807, 2.05) is 37.0 Å². The van der Waals surface area contributed by atoms with Crippen LogP contribution in [0.1, 0.15) is 74.7 Å². The summed E-state index contributed by atoms with van der Waals surface area (Å²) in [6.07, 6.45) is 3.85. The van der Waals surface area contributed by atoms with E-state index >= 15 is 0 Å². The number of hydrogen-bond acceptors (Lipinski definition) is 13. The highest BCUT2D eigenvalue weighted by atomic mass is 16.5. The van der Waals surface area contributed by atoms with Crippen LogP contribution in [0.15, 0.2) is 54.7 Å². The molecule has 7 heterocycles. The number of benzene rings is 1. The quantitative estimate of drug-likeness (QED) is 0.196. The number of hydrogen-bond donors (Lipinski definition) is 3. The third-order valence-electron chi connectivity index (χ3n) is 10.3. The Labute approximate surface area is 317 Å². The second-order valence-corrected chi connectivity index (χ2v) is 13.9. The van der Waals surface area contributed by atoms with Gasteiger partial charge in [-0.25, -0.2) is 9.97 Å². The normalized spacial score (nSPS) is 16.2. The van der Waals surface area contributed by atoms with Crippen LogP contribution in [0.3, 0.4) is 0 Å². The van der Waals surface area contributed by atoms with Gasteiger partial charge in [0.25, 0.3) is 17.7 Å². The van der Waals surface area contributed by atoms with E-state index in [4.69, 9.17) is 9.84 Å². The van der Waals surface area contributed by atoms with Gasteiger partial charge in [-0.15, -0.1) is 10.2 Å². The first-order valence-electron chi connectivity index (χ1n) is 18.2. The van der Waals surface area contributed by atoms with Crippen LogP contribution in [0.25, 0.3) is 11.1 Å². The van der Waals surface area contributed by atoms with Gasteiger partial charge in [0.05, 0.1) is 48.1 Å². The fourth-order valence-corrected chi connectivity index (χ4v) is 7.41. The largest absolute Gasteiger partial charge is 0.467 e. The number of ether oxygens (including phenoxy) is 1. The number of nitrogens with zero attached hydrogens (tertiary/aromatic N) is 10. The van der Waals surface area contributed by atoms with E-state index < -0.39 is 5.91 Å². The lowest BCUT2D eigenvalue weighted by molar-refractivity contribution is 0.0488. The van der Waals surface area contributed by atoms with E-state index in [1.165, 1.54) is 7.11 Å². The number of likely N-dealkylation sites (tertiary alicyclic amines) is 2. The van der Waals surface area contributed by atoms with Crippen LogP contribution in [-0.2, 0) is 0 Å². The average Bonchev–Trinajstić information content (AvgIpc) is 3.87. The van der Waals surface area contributed by atoms with Crippen molar-refractivity contribution in [2.45, 2.75) is 38.8 Å². The number of para-hydroxylation sites is 1. The van der Waals surface area contributed by atoms with Crippen molar-refractivity contribution in [3.05, 3.63) is 83.2 Å². The van der Waals surface area contributed by atoms with Gasteiger partial charge in [0.1, 0.15) is 17.2 Å². The Hall–Kier alpha value is -6.65. The molecule has 2 saturated heterocycles. The number of pyridine rings is 1. The molecule has 17 heteroatoms. The molecule has 1 unspecified atom stereocenters. The predicted molar refractivity (Wildman–Crippen MR) is 204 cm³/mol. The molecule has 3 N–H and O–H groups in total. The summed E-state index contributed by atoms with van der Waals surface area (Å²) in [6, 6.07) is 14.6. The van der Waals surface area contributed by atoms with Crippen molar-refractivity contribution in [1.29, 1.82) is 0 Å². The number of fused-ring (bicyclic) bond motifs is 3. The number of anilines is 5. The van der Waals surface area contributed by atoms with Crippen molar-refractivity contribution in [2.24, 2.45) is 0 Å². The molecule has 0 spiro atoms. The zero-order valence-corrected chi connectivity index (χ0v) is 31.2. The van der Waals surface area contributed by atoms with Crippen molar-refractivity contribution in [3.8, 4) is 17.1 Å². The van der Waals surface area contributed by atoms with Crippen LogP contribution in [0, 0.1) is 6.92 Å². The number of aryl methyl sites for hydroxylation is 1. The highest BCUT2D eigenvalue weighted by Crippen LogP contribution is 2.49. The van der Waals surface area contributed by atoms with Crippen molar-refractivity contribution < 1.29 is 19.1 Å². The lowest BCUT2D eigenvalue weighted by Gasteiger charge is -2.42. The number of rotatable bonds is 9. The molecule has 2 fully saturated rings. The molecule has 0 bridgehead atoms. The fourth-order valence-electron chi connectivity index (χ4n) is 7.41. The standard InChI is InChI=1S/C38H41N13O4/c1-21-16-30(45-38(41-21)55-5)44-31-17-29(32(47-46-31)35(52)39-3)42-26-11-8-10-24-25-18-40-51(33(25)22(2)48(4)34(24)26)23-19-50(20-23)37(54)28-13-9-12-27(43-28)36(53)49-14-6-7-15-49/h8-13,16-18,22-23H,6-7,14-15,19-20H2,1-5H3,(H,39,52)(H2,41,42,44,45,46). The molecule has 1 aromatic carbocycles. The van der Waals surface area contributed by atoms with E-state index in [0.717, 1.165) is 54.1 Å². The van der Waals surface area contributed by atoms with Gasteiger partial charge in [-0.2, -0.15) is 10.1 Å². The van der Waals surface area contributed by atoms with Crippen LogP contribution in [0.5, 0.6) is 6.01 Å². The molecule has 0 aliphatic carbocycles. The third kappa shape index (κ3) is 6.51. The Morgan fingerprint density at radius 1 is 0.836 bits per heavy atom. The van der Waals surface area contributed by atoms with Crippen molar-refractivity contribution in [1.82, 2.24) is 50.0 Å². The summed E-state index contributed by atoms with van der Waals surface area (Å²) in [7, 11) is 5.06. The highest BCUT2D eigenvalue weighted by Gasteiger charge is 2.39. The first-order chi connectivity index (χ1) is 26.6. The molecule has 0 radical (unpaired) electrons. The molecule has 1 atom stereocenters. The maximum Gasteiger partial charge on any atom is 0.318 e. The maximum absolute atomic E-state index is 13.5. The molecular weight excluding hydrogens is 703 g/mol. The summed E-state index contributed by atoms with van der Waals surface area (Å²) < 4.78 is 7.24. The summed E-state index contributed by atoms with van der Waals surface area (Å²) >= 11 is 0. The number of methoxy groups -OCH3 is 1. The zero-order valence-electron chi connectivity index (χ0n) is 31.2. The van der Waals surface area contributed by atoms with Gasteiger partial charge < -0.3 is 35.4 Å². The Kier molecular flexibility index (Phi) is 9.20. The summed E-state index contributed by atoms with van der Waals surface area (Å²) in [6.45, 7) is 6.33. The Balaban J connectivity index is 1.04. The minimum Gasteiger partial charge on any atom is -0.467 e. The van der Waals surface area contributed by atoms with Crippen LogP contribution >= 0.6 is 0 Å².